The van der Waals surface area contributed by atoms with E-state index in [0.717, 1.165) is 19.4 Å². The monoisotopic (exact) mass is 102 g/mol. The van der Waals surface area contributed by atoms with E-state index >= 15 is 0 Å². The first-order valence-electron chi connectivity index (χ1n) is 2.58. The zero-order valence-electron chi connectivity index (χ0n) is 4.52. The van der Waals surface area contributed by atoms with Crippen LogP contribution in [0.4, 0.5) is 0 Å². The molecule has 1 aliphatic rings. The summed E-state index contributed by atoms with van der Waals surface area (Å²) in [6.45, 7) is 0.874. The zero-order chi connectivity index (χ0) is 5.11. The molecule has 0 radical (unpaired) electrons. The molecule has 1 saturated heterocycles. The highest BCUT2D eigenvalue weighted by molar-refractivity contribution is 4.52. The van der Waals surface area contributed by atoms with Crippen LogP contribution in [0.3, 0.4) is 0 Å². The Balaban J connectivity index is 2.14. The zero-order valence-corrected chi connectivity index (χ0v) is 4.52. The van der Waals surface area contributed by atoms with Gasteiger partial charge in [0.05, 0.1) is 0 Å². The van der Waals surface area contributed by atoms with E-state index in [1.54, 1.807) is 7.11 Å². The lowest BCUT2D eigenvalue weighted by atomic mass is 10.4. The smallest absolute Gasteiger partial charge is 0.157 e. The van der Waals surface area contributed by atoms with Crippen LogP contribution in [0.25, 0.3) is 0 Å². The van der Waals surface area contributed by atoms with E-state index in [9.17, 15) is 0 Å². The third kappa shape index (κ3) is 1.14. The minimum atomic E-state index is 0.0972. The average molecular weight is 102 g/mol. The molecule has 1 atom stereocenters. The van der Waals surface area contributed by atoms with Gasteiger partial charge in [0.1, 0.15) is 0 Å². The summed E-state index contributed by atoms with van der Waals surface area (Å²) in [6.07, 6.45) is 2.31. The first-order chi connectivity index (χ1) is 3.43. The molecule has 42 valence electrons. The first-order valence-corrected chi connectivity index (χ1v) is 2.58. The number of hydrogen-bond acceptors (Lipinski definition) is 2. The SMILES string of the molecule is CO[C@H]1CCCO1. The van der Waals surface area contributed by atoms with E-state index in [1.165, 1.54) is 0 Å². The number of methoxy groups -OCH3 is 1. The minimum Gasteiger partial charge on any atom is -0.356 e. The van der Waals surface area contributed by atoms with Crippen molar-refractivity contribution in [3.8, 4) is 0 Å². The van der Waals surface area contributed by atoms with E-state index in [4.69, 9.17) is 9.47 Å². The van der Waals surface area contributed by atoms with Crippen molar-refractivity contribution in [2.24, 2.45) is 0 Å². The van der Waals surface area contributed by atoms with Crippen molar-refractivity contribution in [1.29, 1.82) is 0 Å². The maximum Gasteiger partial charge on any atom is 0.157 e. The largest absolute Gasteiger partial charge is 0.356 e. The molecule has 0 amide bonds. The molecule has 0 unspecified atom stereocenters. The van der Waals surface area contributed by atoms with Gasteiger partial charge in [0.25, 0.3) is 0 Å². The fourth-order valence-corrected chi connectivity index (χ4v) is 0.734. The quantitative estimate of drug-likeness (QED) is 0.487. The van der Waals surface area contributed by atoms with Crippen molar-refractivity contribution in [3.63, 3.8) is 0 Å². The van der Waals surface area contributed by atoms with Gasteiger partial charge in [-0.2, -0.15) is 0 Å². The van der Waals surface area contributed by atoms with Crippen LogP contribution in [0, 0.1) is 0 Å². The molecule has 1 heterocycles. The van der Waals surface area contributed by atoms with Crippen LogP contribution in [0.15, 0.2) is 0 Å². The molecular formula is C5H10O2. The molecule has 0 aromatic heterocycles. The van der Waals surface area contributed by atoms with Crippen LogP contribution in [0.1, 0.15) is 12.8 Å². The van der Waals surface area contributed by atoms with Gasteiger partial charge >= 0.3 is 0 Å². The molecule has 1 fully saturated rings. The van der Waals surface area contributed by atoms with Crippen molar-refractivity contribution in [2.45, 2.75) is 19.1 Å². The maximum absolute atomic E-state index is 5.08. The highest BCUT2D eigenvalue weighted by Gasteiger charge is 2.12. The lowest BCUT2D eigenvalue weighted by Crippen LogP contribution is -2.05. The molecular weight excluding hydrogens is 92.1 g/mol. The maximum atomic E-state index is 5.08. The number of hydrogen-bond donors (Lipinski definition) is 0. The summed E-state index contributed by atoms with van der Waals surface area (Å²) < 4.78 is 9.97. The van der Waals surface area contributed by atoms with Gasteiger partial charge in [-0.25, -0.2) is 0 Å². The fourth-order valence-electron chi connectivity index (χ4n) is 0.734. The summed E-state index contributed by atoms with van der Waals surface area (Å²) >= 11 is 0. The second-order valence-electron chi connectivity index (χ2n) is 1.68. The van der Waals surface area contributed by atoms with Crippen molar-refractivity contribution in [2.75, 3.05) is 13.7 Å². The van der Waals surface area contributed by atoms with Gasteiger partial charge < -0.3 is 9.47 Å². The second kappa shape index (κ2) is 2.28. The minimum absolute atomic E-state index is 0.0972. The number of ether oxygens (including phenoxy) is 2. The summed E-state index contributed by atoms with van der Waals surface area (Å²) in [6, 6.07) is 0. The third-order valence-corrected chi connectivity index (χ3v) is 1.15. The van der Waals surface area contributed by atoms with Crippen LogP contribution in [0.2, 0.25) is 0 Å². The standard InChI is InChI=1S/C5H10O2/c1-6-5-3-2-4-7-5/h5H,2-4H2,1H3/t5-/m1/s1. The van der Waals surface area contributed by atoms with Gasteiger partial charge in [-0.3, -0.25) is 0 Å². The summed E-state index contributed by atoms with van der Waals surface area (Å²) in [7, 11) is 1.68. The van der Waals surface area contributed by atoms with Crippen molar-refractivity contribution < 1.29 is 9.47 Å². The van der Waals surface area contributed by atoms with Crippen LogP contribution < -0.4 is 0 Å². The van der Waals surface area contributed by atoms with Gasteiger partial charge in [0.15, 0.2) is 6.29 Å². The molecule has 1 aliphatic heterocycles. The molecule has 7 heavy (non-hydrogen) atoms. The molecule has 0 bridgehead atoms. The van der Waals surface area contributed by atoms with Crippen LogP contribution in [-0.4, -0.2) is 20.0 Å². The molecule has 0 aliphatic carbocycles. The summed E-state index contributed by atoms with van der Waals surface area (Å²) in [5, 5.41) is 0. The van der Waals surface area contributed by atoms with E-state index in [-0.39, 0.29) is 6.29 Å². The molecule has 0 saturated carbocycles. The van der Waals surface area contributed by atoms with Gasteiger partial charge in [-0.05, 0) is 6.42 Å². The van der Waals surface area contributed by atoms with Crippen molar-refractivity contribution in [3.05, 3.63) is 0 Å². The van der Waals surface area contributed by atoms with Gasteiger partial charge in [-0.15, -0.1) is 0 Å². The fraction of sp³-hybridized carbons (Fsp3) is 1.00. The first kappa shape index (κ1) is 5.06. The van der Waals surface area contributed by atoms with Crippen LogP contribution in [-0.2, 0) is 9.47 Å². The Labute approximate surface area is 43.4 Å². The molecule has 0 aromatic rings. The van der Waals surface area contributed by atoms with E-state index in [1.807, 2.05) is 0 Å². The molecule has 0 spiro atoms. The molecule has 0 N–H and O–H groups in total. The van der Waals surface area contributed by atoms with Crippen LogP contribution in [0.5, 0.6) is 0 Å². The summed E-state index contributed by atoms with van der Waals surface area (Å²) in [5.41, 5.74) is 0. The number of rotatable bonds is 1. The Morgan fingerprint density at radius 3 is 2.86 bits per heavy atom. The molecule has 2 nitrogen and oxygen atoms in total. The van der Waals surface area contributed by atoms with Crippen LogP contribution >= 0.6 is 0 Å². The average Bonchev–Trinajstić information content (AvgIpc) is 2.14. The lowest BCUT2D eigenvalue weighted by molar-refractivity contribution is -0.0880. The normalized spacial score (nSPS) is 31.3. The Bertz CT molecular complexity index is 48.0. The van der Waals surface area contributed by atoms with E-state index in [0.29, 0.717) is 0 Å². The Hall–Kier alpha value is -0.0800. The molecule has 0 aromatic carbocycles. The van der Waals surface area contributed by atoms with Crippen molar-refractivity contribution in [1.82, 2.24) is 0 Å². The predicted molar refractivity (Wildman–Crippen MR) is 26.0 cm³/mol. The summed E-state index contributed by atoms with van der Waals surface area (Å²) in [4.78, 5) is 0. The highest BCUT2D eigenvalue weighted by Crippen LogP contribution is 2.10. The van der Waals surface area contributed by atoms with E-state index in [2.05, 4.69) is 0 Å². The predicted octanol–water partition coefficient (Wildman–Crippen LogP) is 0.769. The molecule has 1 rings (SSSR count). The van der Waals surface area contributed by atoms with Gasteiger partial charge in [0, 0.05) is 20.1 Å². The Morgan fingerprint density at radius 1 is 1.71 bits per heavy atom. The molecule has 2 heteroatoms. The van der Waals surface area contributed by atoms with Gasteiger partial charge in [-0.1, -0.05) is 0 Å². The summed E-state index contributed by atoms with van der Waals surface area (Å²) in [5.74, 6) is 0. The second-order valence-corrected chi connectivity index (χ2v) is 1.68. The van der Waals surface area contributed by atoms with E-state index < -0.39 is 0 Å². The van der Waals surface area contributed by atoms with Crippen molar-refractivity contribution >= 4 is 0 Å². The Morgan fingerprint density at radius 2 is 2.57 bits per heavy atom. The van der Waals surface area contributed by atoms with Gasteiger partial charge in [0.2, 0.25) is 0 Å². The Kier molecular flexibility index (Phi) is 1.65. The third-order valence-electron chi connectivity index (χ3n) is 1.15. The lowest BCUT2D eigenvalue weighted by Gasteiger charge is -2.03. The highest BCUT2D eigenvalue weighted by atomic mass is 16.7. The topological polar surface area (TPSA) is 18.5 Å².